The summed E-state index contributed by atoms with van der Waals surface area (Å²) < 4.78 is 5.35. The zero-order valence-electron chi connectivity index (χ0n) is 11.2. The zero-order valence-corrected chi connectivity index (χ0v) is 11.2. The van der Waals surface area contributed by atoms with Crippen LogP contribution in [0.3, 0.4) is 0 Å². The fourth-order valence-electron chi connectivity index (χ4n) is 2.04. The third-order valence-electron chi connectivity index (χ3n) is 3.19. The molecule has 0 saturated carbocycles. The van der Waals surface area contributed by atoms with Gasteiger partial charge in [-0.2, -0.15) is 0 Å². The second-order valence-corrected chi connectivity index (χ2v) is 4.77. The molecule has 2 rings (SSSR count). The van der Waals surface area contributed by atoms with Crippen LogP contribution in [0.25, 0.3) is 0 Å². The quantitative estimate of drug-likeness (QED) is 0.860. The molecule has 1 aromatic heterocycles. The number of rotatable bonds is 4. The van der Waals surface area contributed by atoms with Crippen LogP contribution >= 0.6 is 0 Å². The van der Waals surface area contributed by atoms with Crippen LogP contribution in [0.1, 0.15) is 24.7 Å². The number of aromatic nitrogens is 2. The monoisotopic (exact) mass is 250 g/mol. The number of nitrogens with zero attached hydrogens (tertiary/aromatic N) is 3. The Labute approximate surface area is 108 Å². The molecule has 1 unspecified atom stereocenters. The van der Waals surface area contributed by atoms with Gasteiger partial charge in [0.2, 0.25) is 5.95 Å². The Morgan fingerprint density at radius 1 is 1.39 bits per heavy atom. The minimum atomic E-state index is 0.178. The lowest BCUT2D eigenvalue weighted by Gasteiger charge is -2.27. The highest BCUT2D eigenvalue weighted by Crippen LogP contribution is 2.13. The van der Waals surface area contributed by atoms with E-state index < -0.39 is 0 Å². The van der Waals surface area contributed by atoms with Gasteiger partial charge in [0.25, 0.3) is 0 Å². The van der Waals surface area contributed by atoms with Crippen molar-refractivity contribution in [2.24, 2.45) is 5.73 Å². The lowest BCUT2D eigenvalue weighted by Crippen LogP contribution is -2.37. The molecular formula is C13H22N4O. The van der Waals surface area contributed by atoms with Crippen molar-refractivity contribution in [3.05, 3.63) is 17.5 Å². The summed E-state index contributed by atoms with van der Waals surface area (Å²) in [6.07, 6.45) is 1.78. The van der Waals surface area contributed by atoms with Gasteiger partial charge < -0.3 is 15.4 Å². The lowest BCUT2D eigenvalue weighted by atomic mass is 10.1. The van der Waals surface area contributed by atoms with E-state index in [1.54, 1.807) is 0 Å². The van der Waals surface area contributed by atoms with Crippen molar-refractivity contribution in [2.45, 2.75) is 32.7 Å². The first-order valence-electron chi connectivity index (χ1n) is 6.62. The van der Waals surface area contributed by atoms with Crippen LogP contribution in [0.5, 0.6) is 0 Å². The third kappa shape index (κ3) is 3.40. The average molecular weight is 250 g/mol. The molecule has 1 fully saturated rings. The van der Waals surface area contributed by atoms with E-state index in [0.29, 0.717) is 0 Å². The Morgan fingerprint density at radius 3 is 2.78 bits per heavy atom. The molecule has 0 aromatic carbocycles. The van der Waals surface area contributed by atoms with Crippen LogP contribution in [-0.4, -0.2) is 42.3 Å². The fraction of sp³-hybridized carbons (Fsp3) is 0.692. The number of hydrogen-bond donors (Lipinski definition) is 1. The predicted octanol–water partition coefficient (Wildman–Crippen LogP) is 0.901. The second-order valence-electron chi connectivity index (χ2n) is 4.77. The van der Waals surface area contributed by atoms with Crippen molar-refractivity contribution in [3.63, 3.8) is 0 Å². The highest BCUT2D eigenvalue weighted by atomic mass is 16.5. The molecule has 1 aliphatic heterocycles. The Balaban J connectivity index is 2.14. The van der Waals surface area contributed by atoms with E-state index in [1.165, 1.54) is 0 Å². The molecule has 0 spiro atoms. The lowest BCUT2D eigenvalue weighted by molar-refractivity contribution is 0.122. The highest BCUT2D eigenvalue weighted by molar-refractivity contribution is 5.33. The number of aryl methyl sites for hydroxylation is 1. The summed E-state index contributed by atoms with van der Waals surface area (Å²) in [5, 5.41) is 0. The Bertz CT molecular complexity index is 391. The summed E-state index contributed by atoms with van der Waals surface area (Å²) in [6.45, 7) is 7.34. The van der Waals surface area contributed by atoms with Gasteiger partial charge in [-0.25, -0.2) is 9.97 Å². The van der Waals surface area contributed by atoms with Gasteiger partial charge in [-0.05, 0) is 19.4 Å². The number of morpholine rings is 1. The van der Waals surface area contributed by atoms with Gasteiger partial charge >= 0.3 is 0 Å². The maximum Gasteiger partial charge on any atom is 0.225 e. The third-order valence-corrected chi connectivity index (χ3v) is 3.19. The molecule has 1 aromatic rings. The Hall–Kier alpha value is -1.20. The molecule has 2 heterocycles. The second kappa shape index (κ2) is 6.11. The van der Waals surface area contributed by atoms with Crippen molar-refractivity contribution in [1.29, 1.82) is 0 Å². The largest absolute Gasteiger partial charge is 0.378 e. The van der Waals surface area contributed by atoms with E-state index in [2.05, 4.69) is 21.8 Å². The van der Waals surface area contributed by atoms with Gasteiger partial charge in [-0.1, -0.05) is 6.92 Å². The first kappa shape index (κ1) is 13.2. The molecular weight excluding hydrogens is 228 g/mol. The van der Waals surface area contributed by atoms with Crippen LogP contribution in [0.2, 0.25) is 0 Å². The van der Waals surface area contributed by atoms with Crippen LogP contribution in [0, 0.1) is 6.92 Å². The fourth-order valence-corrected chi connectivity index (χ4v) is 2.04. The summed E-state index contributed by atoms with van der Waals surface area (Å²) >= 11 is 0. The molecule has 5 heteroatoms. The van der Waals surface area contributed by atoms with Gasteiger partial charge in [0.15, 0.2) is 0 Å². The van der Waals surface area contributed by atoms with E-state index >= 15 is 0 Å². The molecule has 1 saturated heterocycles. The topological polar surface area (TPSA) is 64.3 Å². The number of ether oxygens (including phenoxy) is 1. The normalized spacial score (nSPS) is 17.8. The van der Waals surface area contributed by atoms with E-state index in [0.717, 1.165) is 56.5 Å². The SMILES string of the molecule is CCC(N)Cc1cc(C)nc(N2CCOCC2)n1. The molecule has 0 aliphatic carbocycles. The van der Waals surface area contributed by atoms with Crippen molar-refractivity contribution < 1.29 is 4.74 Å². The zero-order chi connectivity index (χ0) is 13.0. The Kier molecular flexibility index (Phi) is 4.49. The molecule has 0 amide bonds. The summed E-state index contributed by atoms with van der Waals surface area (Å²) in [4.78, 5) is 11.3. The molecule has 1 atom stereocenters. The molecule has 0 bridgehead atoms. The van der Waals surface area contributed by atoms with Gasteiger partial charge in [-0.15, -0.1) is 0 Å². The van der Waals surface area contributed by atoms with Crippen molar-refractivity contribution in [3.8, 4) is 0 Å². The molecule has 100 valence electrons. The van der Waals surface area contributed by atoms with Crippen LogP contribution in [0.4, 0.5) is 5.95 Å². The Morgan fingerprint density at radius 2 is 2.11 bits per heavy atom. The molecule has 18 heavy (non-hydrogen) atoms. The molecule has 5 nitrogen and oxygen atoms in total. The molecule has 1 aliphatic rings. The van der Waals surface area contributed by atoms with Crippen LogP contribution in [-0.2, 0) is 11.2 Å². The van der Waals surface area contributed by atoms with Gasteiger partial charge in [-0.3, -0.25) is 0 Å². The predicted molar refractivity (Wildman–Crippen MR) is 71.8 cm³/mol. The van der Waals surface area contributed by atoms with E-state index in [1.807, 2.05) is 13.0 Å². The maximum absolute atomic E-state index is 5.99. The summed E-state index contributed by atoms with van der Waals surface area (Å²) in [7, 11) is 0. The van der Waals surface area contributed by atoms with Gasteiger partial charge in [0.1, 0.15) is 0 Å². The van der Waals surface area contributed by atoms with Gasteiger partial charge in [0.05, 0.1) is 13.2 Å². The number of anilines is 1. The maximum atomic E-state index is 5.99. The molecule has 0 radical (unpaired) electrons. The first-order chi connectivity index (χ1) is 8.69. The van der Waals surface area contributed by atoms with Gasteiger partial charge in [0, 0.05) is 36.9 Å². The smallest absolute Gasteiger partial charge is 0.225 e. The van der Waals surface area contributed by atoms with Crippen LogP contribution in [0.15, 0.2) is 6.07 Å². The van der Waals surface area contributed by atoms with E-state index in [-0.39, 0.29) is 6.04 Å². The standard InChI is InChI=1S/C13H22N4O/c1-3-11(14)9-12-8-10(2)15-13(16-12)17-4-6-18-7-5-17/h8,11H,3-7,9,14H2,1-2H3. The highest BCUT2D eigenvalue weighted by Gasteiger charge is 2.15. The van der Waals surface area contributed by atoms with Crippen molar-refractivity contribution in [2.75, 3.05) is 31.2 Å². The number of nitrogens with two attached hydrogens (primary N) is 1. The van der Waals surface area contributed by atoms with Crippen LogP contribution < -0.4 is 10.6 Å². The molecule has 2 N–H and O–H groups in total. The van der Waals surface area contributed by atoms with Crippen molar-refractivity contribution >= 4 is 5.95 Å². The van der Waals surface area contributed by atoms with Crippen molar-refractivity contribution in [1.82, 2.24) is 9.97 Å². The summed E-state index contributed by atoms with van der Waals surface area (Å²) in [5.74, 6) is 0.816. The summed E-state index contributed by atoms with van der Waals surface area (Å²) in [5.41, 5.74) is 8.03. The first-order valence-corrected chi connectivity index (χ1v) is 6.62. The minimum Gasteiger partial charge on any atom is -0.378 e. The number of hydrogen-bond acceptors (Lipinski definition) is 5. The minimum absolute atomic E-state index is 0.178. The average Bonchev–Trinajstić information content (AvgIpc) is 2.39. The van der Waals surface area contributed by atoms with E-state index in [9.17, 15) is 0 Å². The van der Waals surface area contributed by atoms with E-state index in [4.69, 9.17) is 10.5 Å². The summed E-state index contributed by atoms with van der Waals surface area (Å²) in [6, 6.07) is 2.20.